The van der Waals surface area contributed by atoms with Gasteiger partial charge in [0, 0.05) is 23.8 Å². The molecule has 0 radical (unpaired) electrons. The third-order valence-electron chi connectivity index (χ3n) is 4.06. The number of alkyl halides is 3. The minimum Gasteiger partial charge on any atom is -0.324 e. The number of hydrogen-bond acceptors (Lipinski definition) is 3. The van der Waals surface area contributed by atoms with Gasteiger partial charge in [0.2, 0.25) is 5.91 Å². The molecule has 2 aromatic heterocycles. The zero-order valence-corrected chi connectivity index (χ0v) is 14.7. The predicted octanol–water partition coefficient (Wildman–Crippen LogP) is 3.65. The molecule has 1 amide bonds. The largest absolute Gasteiger partial charge is 0.435 e. The first-order chi connectivity index (χ1) is 12.7. The number of carbonyl (C=O) groups excluding carboxylic acids is 1. The van der Waals surface area contributed by atoms with Crippen LogP contribution >= 0.6 is 0 Å². The lowest BCUT2D eigenvalue weighted by Gasteiger charge is -2.15. The van der Waals surface area contributed by atoms with Gasteiger partial charge in [0.1, 0.15) is 6.04 Å². The average Bonchev–Trinajstić information content (AvgIpc) is 3.23. The number of aryl methyl sites for hydroxylation is 1. The summed E-state index contributed by atoms with van der Waals surface area (Å²) >= 11 is 0. The molecule has 9 heteroatoms. The quantitative estimate of drug-likeness (QED) is 0.738. The molecule has 0 aliphatic carbocycles. The van der Waals surface area contributed by atoms with Crippen molar-refractivity contribution in [2.24, 2.45) is 0 Å². The zero-order valence-electron chi connectivity index (χ0n) is 14.7. The molecule has 27 heavy (non-hydrogen) atoms. The van der Waals surface area contributed by atoms with Crippen LogP contribution < -0.4 is 5.32 Å². The maximum atomic E-state index is 12.8. The second-order valence-corrected chi connectivity index (χ2v) is 6.18. The molecular weight excluding hydrogens is 359 g/mol. The fourth-order valence-corrected chi connectivity index (χ4v) is 2.70. The molecule has 0 saturated carbocycles. The van der Waals surface area contributed by atoms with Crippen molar-refractivity contribution >= 4 is 11.6 Å². The average molecular weight is 377 g/mol. The summed E-state index contributed by atoms with van der Waals surface area (Å²) in [4.78, 5) is 12.5. The summed E-state index contributed by atoms with van der Waals surface area (Å²) in [7, 11) is 0. The van der Waals surface area contributed by atoms with Crippen molar-refractivity contribution in [2.45, 2.75) is 32.6 Å². The van der Waals surface area contributed by atoms with E-state index in [4.69, 9.17) is 0 Å². The van der Waals surface area contributed by atoms with Crippen LogP contribution in [0.5, 0.6) is 0 Å². The molecule has 1 unspecified atom stereocenters. The van der Waals surface area contributed by atoms with Crippen molar-refractivity contribution in [3.8, 4) is 0 Å². The van der Waals surface area contributed by atoms with E-state index >= 15 is 0 Å². The molecule has 0 aliphatic heterocycles. The molecule has 1 N–H and O–H groups in total. The highest BCUT2D eigenvalue weighted by atomic mass is 19.4. The highest BCUT2D eigenvalue weighted by Gasteiger charge is 2.35. The summed E-state index contributed by atoms with van der Waals surface area (Å²) in [5.74, 6) is -0.453. The first-order valence-corrected chi connectivity index (χ1v) is 8.24. The Labute approximate surface area is 153 Å². The Hall–Kier alpha value is -3.10. The topological polar surface area (TPSA) is 64.7 Å². The van der Waals surface area contributed by atoms with Gasteiger partial charge in [-0.1, -0.05) is 12.1 Å². The molecule has 6 nitrogen and oxygen atoms in total. The van der Waals surface area contributed by atoms with E-state index in [1.165, 1.54) is 13.8 Å². The van der Waals surface area contributed by atoms with Gasteiger partial charge in [-0.2, -0.15) is 23.4 Å². The van der Waals surface area contributed by atoms with E-state index in [2.05, 4.69) is 15.5 Å². The van der Waals surface area contributed by atoms with E-state index in [-0.39, 0.29) is 5.69 Å². The highest BCUT2D eigenvalue weighted by molar-refractivity contribution is 5.93. The fraction of sp³-hybridized carbons (Fsp3) is 0.278. The standard InChI is InChI=1S/C18H18F3N5O/c1-12-9-16(18(19,20)21)24-26(12)13(2)17(27)23-15-6-3-5-14(10-15)11-25-8-4-7-22-25/h3-10,13H,11H2,1-2H3,(H,23,27). The molecule has 0 spiro atoms. The lowest BCUT2D eigenvalue weighted by Crippen LogP contribution is -2.25. The van der Waals surface area contributed by atoms with E-state index in [0.717, 1.165) is 16.3 Å². The summed E-state index contributed by atoms with van der Waals surface area (Å²) in [5, 5.41) is 10.4. The van der Waals surface area contributed by atoms with Gasteiger partial charge in [0.15, 0.2) is 5.69 Å². The van der Waals surface area contributed by atoms with Gasteiger partial charge in [-0.05, 0) is 43.7 Å². The Kier molecular flexibility index (Phi) is 5.02. The normalized spacial score (nSPS) is 12.8. The third kappa shape index (κ3) is 4.36. The number of rotatable bonds is 5. The smallest absolute Gasteiger partial charge is 0.324 e. The molecule has 0 saturated heterocycles. The molecule has 0 fully saturated rings. The Morgan fingerprint density at radius 3 is 2.67 bits per heavy atom. The summed E-state index contributed by atoms with van der Waals surface area (Å²) in [5.41, 5.74) is 0.731. The Balaban J connectivity index is 1.72. The van der Waals surface area contributed by atoms with Gasteiger partial charge in [0.25, 0.3) is 0 Å². The number of aromatic nitrogens is 4. The number of nitrogens with zero attached hydrogens (tertiary/aromatic N) is 4. The number of benzene rings is 1. The van der Waals surface area contributed by atoms with Crippen molar-refractivity contribution < 1.29 is 18.0 Å². The SMILES string of the molecule is Cc1cc(C(F)(F)F)nn1C(C)C(=O)Nc1cccc(Cn2cccn2)c1. The molecule has 3 rings (SSSR count). The molecule has 0 bridgehead atoms. The van der Waals surface area contributed by atoms with Crippen molar-refractivity contribution in [2.75, 3.05) is 5.32 Å². The molecule has 0 aliphatic rings. The minimum absolute atomic E-state index is 0.261. The highest BCUT2D eigenvalue weighted by Crippen LogP contribution is 2.29. The van der Waals surface area contributed by atoms with Crippen LogP contribution in [0.4, 0.5) is 18.9 Å². The summed E-state index contributed by atoms with van der Waals surface area (Å²) in [6.07, 6.45) is -1.05. The number of amides is 1. The van der Waals surface area contributed by atoms with E-state index in [9.17, 15) is 18.0 Å². The summed E-state index contributed by atoms with van der Waals surface area (Å²) < 4.78 is 41.2. The van der Waals surface area contributed by atoms with Gasteiger partial charge in [-0.3, -0.25) is 14.2 Å². The molecule has 3 aromatic rings. The van der Waals surface area contributed by atoms with E-state index in [1.807, 2.05) is 18.3 Å². The molecule has 142 valence electrons. The maximum absolute atomic E-state index is 12.8. The molecular formula is C18H18F3N5O. The van der Waals surface area contributed by atoms with Crippen molar-refractivity contribution in [1.82, 2.24) is 19.6 Å². The number of carbonyl (C=O) groups is 1. The van der Waals surface area contributed by atoms with Crippen molar-refractivity contribution in [1.29, 1.82) is 0 Å². The Bertz CT molecular complexity index is 931. The predicted molar refractivity (Wildman–Crippen MR) is 93.1 cm³/mol. The first-order valence-electron chi connectivity index (χ1n) is 8.24. The van der Waals surface area contributed by atoms with Gasteiger partial charge in [0.05, 0.1) is 6.54 Å². The van der Waals surface area contributed by atoms with Crippen LogP contribution in [0.2, 0.25) is 0 Å². The van der Waals surface area contributed by atoms with Crippen LogP contribution in [0.1, 0.15) is 29.9 Å². The van der Waals surface area contributed by atoms with Crippen LogP contribution in [0.3, 0.4) is 0 Å². The van der Waals surface area contributed by atoms with Crippen molar-refractivity contribution in [3.63, 3.8) is 0 Å². The van der Waals surface area contributed by atoms with E-state index < -0.39 is 23.8 Å². The third-order valence-corrected chi connectivity index (χ3v) is 4.06. The Morgan fingerprint density at radius 2 is 2.04 bits per heavy atom. The lowest BCUT2D eigenvalue weighted by molar-refractivity contribution is -0.141. The van der Waals surface area contributed by atoms with Crippen LogP contribution in [0, 0.1) is 6.92 Å². The van der Waals surface area contributed by atoms with Gasteiger partial charge in [-0.25, -0.2) is 0 Å². The maximum Gasteiger partial charge on any atom is 0.435 e. The van der Waals surface area contributed by atoms with Crippen LogP contribution in [0.25, 0.3) is 0 Å². The van der Waals surface area contributed by atoms with Crippen LogP contribution in [-0.2, 0) is 17.5 Å². The summed E-state index contributed by atoms with van der Waals surface area (Å²) in [6, 6.07) is 9.05. The summed E-state index contributed by atoms with van der Waals surface area (Å²) in [6.45, 7) is 3.53. The Morgan fingerprint density at radius 1 is 1.26 bits per heavy atom. The second kappa shape index (κ2) is 7.26. The van der Waals surface area contributed by atoms with Crippen LogP contribution in [-0.4, -0.2) is 25.5 Å². The zero-order chi connectivity index (χ0) is 19.6. The van der Waals surface area contributed by atoms with Gasteiger partial charge in [-0.15, -0.1) is 0 Å². The number of hydrogen-bond donors (Lipinski definition) is 1. The number of halogens is 3. The van der Waals surface area contributed by atoms with E-state index in [0.29, 0.717) is 12.2 Å². The molecule has 1 aromatic carbocycles. The first kappa shape index (κ1) is 18.7. The molecule has 1 atom stereocenters. The minimum atomic E-state index is -4.55. The second-order valence-electron chi connectivity index (χ2n) is 6.18. The van der Waals surface area contributed by atoms with Gasteiger partial charge < -0.3 is 5.32 Å². The molecule has 2 heterocycles. The number of nitrogens with one attached hydrogen (secondary N) is 1. The lowest BCUT2D eigenvalue weighted by atomic mass is 10.2. The number of anilines is 1. The fourth-order valence-electron chi connectivity index (χ4n) is 2.70. The van der Waals surface area contributed by atoms with Crippen molar-refractivity contribution in [3.05, 3.63) is 65.7 Å². The van der Waals surface area contributed by atoms with E-state index in [1.54, 1.807) is 29.1 Å². The van der Waals surface area contributed by atoms with Crippen LogP contribution in [0.15, 0.2) is 48.8 Å². The van der Waals surface area contributed by atoms with Gasteiger partial charge >= 0.3 is 6.18 Å². The monoisotopic (exact) mass is 377 g/mol.